The predicted octanol–water partition coefficient (Wildman–Crippen LogP) is 3.54. The molecule has 1 aliphatic carbocycles. The summed E-state index contributed by atoms with van der Waals surface area (Å²) in [7, 11) is 0. The van der Waals surface area contributed by atoms with Gasteiger partial charge in [-0.1, -0.05) is 19.1 Å². The summed E-state index contributed by atoms with van der Waals surface area (Å²) in [5.74, 6) is 0.839. The van der Waals surface area contributed by atoms with E-state index in [2.05, 4.69) is 24.9 Å². The van der Waals surface area contributed by atoms with Crippen LogP contribution in [0.2, 0.25) is 0 Å². The summed E-state index contributed by atoms with van der Waals surface area (Å²) in [6.45, 7) is 7.68. The number of benzene rings is 1. The van der Waals surface area contributed by atoms with Crippen LogP contribution >= 0.6 is 0 Å². The van der Waals surface area contributed by atoms with Crippen molar-refractivity contribution in [2.24, 2.45) is 5.92 Å². The summed E-state index contributed by atoms with van der Waals surface area (Å²) in [5.41, 5.74) is 4.57. The van der Waals surface area contributed by atoms with Gasteiger partial charge in [-0.2, -0.15) is 0 Å². The number of morpholine rings is 1. The molecule has 1 saturated heterocycles. The molecule has 4 nitrogen and oxygen atoms in total. The Morgan fingerprint density at radius 1 is 1.29 bits per heavy atom. The lowest BCUT2D eigenvalue weighted by Crippen LogP contribution is -2.50. The first-order chi connectivity index (χ1) is 11.5. The minimum absolute atomic E-state index is 0.0991. The summed E-state index contributed by atoms with van der Waals surface area (Å²) >= 11 is 0. The first-order valence-electron chi connectivity index (χ1n) is 9.09. The maximum atomic E-state index is 13.2. The lowest BCUT2D eigenvalue weighted by Gasteiger charge is -2.36. The summed E-state index contributed by atoms with van der Waals surface area (Å²) in [6, 6.07) is 6.26. The fourth-order valence-electron chi connectivity index (χ4n) is 4.13. The molecule has 4 rings (SSSR count). The van der Waals surface area contributed by atoms with E-state index in [-0.39, 0.29) is 18.1 Å². The number of nitrogens with one attached hydrogen (secondary N) is 1. The normalized spacial score (nSPS) is 27.3. The van der Waals surface area contributed by atoms with Crippen molar-refractivity contribution >= 4 is 16.8 Å². The highest BCUT2D eigenvalue weighted by Gasteiger charge is 2.30. The number of aromatic amines is 1. The molecular formula is C20H26N2O2. The Balaban J connectivity index is 1.75. The van der Waals surface area contributed by atoms with Crippen LogP contribution in [0.5, 0.6) is 0 Å². The molecule has 24 heavy (non-hydrogen) atoms. The van der Waals surface area contributed by atoms with Crippen molar-refractivity contribution < 1.29 is 9.53 Å². The number of rotatable bonds is 1. The molecule has 1 N–H and O–H groups in total. The van der Waals surface area contributed by atoms with Crippen molar-refractivity contribution in [1.82, 2.24) is 9.88 Å². The van der Waals surface area contributed by atoms with Crippen molar-refractivity contribution in [1.29, 1.82) is 0 Å². The smallest absolute Gasteiger partial charge is 0.256 e. The minimum Gasteiger partial charge on any atom is -0.375 e. The third-order valence-corrected chi connectivity index (χ3v) is 5.57. The van der Waals surface area contributed by atoms with Crippen LogP contribution in [-0.2, 0) is 17.6 Å². The van der Waals surface area contributed by atoms with Crippen LogP contribution in [0.25, 0.3) is 10.9 Å². The van der Waals surface area contributed by atoms with Gasteiger partial charge < -0.3 is 14.6 Å². The van der Waals surface area contributed by atoms with E-state index in [9.17, 15) is 4.79 Å². The third kappa shape index (κ3) is 2.53. The monoisotopic (exact) mass is 326 g/mol. The maximum absolute atomic E-state index is 13.2. The topological polar surface area (TPSA) is 45.3 Å². The Bertz CT molecular complexity index is 779. The fraction of sp³-hybridized carbons (Fsp3) is 0.550. The van der Waals surface area contributed by atoms with Crippen LogP contribution in [0.15, 0.2) is 18.2 Å². The number of H-pyrrole nitrogens is 1. The van der Waals surface area contributed by atoms with Crippen molar-refractivity contribution in [3.8, 4) is 0 Å². The number of ether oxygens (including phenoxy) is 1. The van der Waals surface area contributed by atoms with E-state index in [4.69, 9.17) is 4.74 Å². The van der Waals surface area contributed by atoms with Gasteiger partial charge >= 0.3 is 0 Å². The molecule has 2 aliphatic rings. The molecule has 3 atom stereocenters. The van der Waals surface area contributed by atoms with E-state index in [1.807, 2.05) is 24.0 Å². The number of hydrogen-bond acceptors (Lipinski definition) is 2. The van der Waals surface area contributed by atoms with Gasteiger partial charge in [-0.05, 0) is 50.7 Å². The van der Waals surface area contributed by atoms with E-state index < -0.39 is 0 Å². The van der Waals surface area contributed by atoms with Crippen LogP contribution in [0, 0.1) is 5.92 Å². The lowest BCUT2D eigenvalue weighted by atomic mass is 9.87. The highest BCUT2D eigenvalue weighted by molar-refractivity contribution is 6.07. The van der Waals surface area contributed by atoms with Crippen LogP contribution in [0.4, 0.5) is 0 Å². The van der Waals surface area contributed by atoms with E-state index in [1.54, 1.807) is 0 Å². The van der Waals surface area contributed by atoms with Crippen LogP contribution in [-0.4, -0.2) is 41.1 Å². The van der Waals surface area contributed by atoms with Gasteiger partial charge in [0.25, 0.3) is 5.91 Å². The standard InChI is InChI=1S/C20H26N2O2/c1-12-7-8-18-17(9-12)15-5-4-6-16(19(15)21-18)20(23)22-10-14(3)24-11-13(22)2/h4-6,12-14,21H,7-11H2,1-3H3. The molecule has 2 heterocycles. The molecule has 1 amide bonds. The Kier molecular flexibility index (Phi) is 3.87. The highest BCUT2D eigenvalue weighted by atomic mass is 16.5. The van der Waals surface area contributed by atoms with Crippen LogP contribution < -0.4 is 0 Å². The number of hydrogen-bond donors (Lipinski definition) is 1. The van der Waals surface area contributed by atoms with Gasteiger partial charge in [0.15, 0.2) is 0 Å². The van der Waals surface area contributed by atoms with E-state index in [1.165, 1.54) is 23.1 Å². The Morgan fingerprint density at radius 3 is 2.96 bits per heavy atom. The molecule has 1 fully saturated rings. The summed E-state index contributed by atoms with van der Waals surface area (Å²) < 4.78 is 5.67. The summed E-state index contributed by atoms with van der Waals surface area (Å²) in [5, 5.41) is 1.23. The SMILES string of the molecule is CC1CCc2[nH]c3c(C(=O)N4CC(C)OCC4C)cccc3c2C1. The number of nitrogens with zero attached hydrogens (tertiary/aromatic N) is 1. The number of carbonyl (C=O) groups excluding carboxylic acids is 1. The van der Waals surface area contributed by atoms with Crippen molar-refractivity contribution in [2.75, 3.05) is 13.2 Å². The van der Waals surface area contributed by atoms with Gasteiger partial charge in [0.2, 0.25) is 0 Å². The number of para-hydroxylation sites is 1. The predicted molar refractivity (Wildman–Crippen MR) is 95.4 cm³/mol. The number of carbonyl (C=O) groups is 1. The molecule has 2 aromatic rings. The Labute approximate surface area is 143 Å². The first-order valence-corrected chi connectivity index (χ1v) is 9.09. The van der Waals surface area contributed by atoms with Gasteiger partial charge in [0.1, 0.15) is 0 Å². The quantitative estimate of drug-likeness (QED) is 0.871. The zero-order valence-electron chi connectivity index (χ0n) is 14.8. The number of fused-ring (bicyclic) bond motifs is 3. The molecule has 0 radical (unpaired) electrons. The van der Waals surface area contributed by atoms with E-state index in [0.29, 0.717) is 13.2 Å². The maximum Gasteiger partial charge on any atom is 0.256 e. The van der Waals surface area contributed by atoms with Crippen molar-refractivity contribution in [3.63, 3.8) is 0 Å². The highest BCUT2D eigenvalue weighted by Crippen LogP contribution is 2.33. The summed E-state index contributed by atoms with van der Waals surface area (Å²) in [6.07, 6.45) is 3.52. The molecule has 0 saturated carbocycles. The van der Waals surface area contributed by atoms with Crippen LogP contribution in [0.1, 0.15) is 48.8 Å². The Morgan fingerprint density at radius 2 is 2.12 bits per heavy atom. The molecule has 3 unspecified atom stereocenters. The Hall–Kier alpha value is -1.81. The molecule has 1 aromatic heterocycles. The van der Waals surface area contributed by atoms with E-state index >= 15 is 0 Å². The molecular weight excluding hydrogens is 300 g/mol. The second-order valence-electron chi connectivity index (χ2n) is 7.61. The average Bonchev–Trinajstić information content (AvgIpc) is 2.94. The number of aromatic nitrogens is 1. The van der Waals surface area contributed by atoms with Gasteiger partial charge in [0, 0.05) is 17.6 Å². The number of amides is 1. The zero-order valence-corrected chi connectivity index (χ0v) is 14.8. The molecule has 4 heteroatoms. The second kappa shape index (κ2) is 5.92. The van der Waals surface area contributed by atoms with Crippen molar-refractivity contribution in [2.45, 2.75) is 52.2 Å². The summed E-state index contributed by atoms with van der Waals surface area (Å²) in [4.78, 5) is 18.7. The van der Waals surface area contributed by atoms with Gasteiger partial charge in [-0.25, -0.2) is 0 Å². The second-order valence-corrected chi connectivity index (χ2v) is 7.61. The van der Waals surface area contributed by atoms with Gasteiger partial charge in [-0.3, -0.25) is 4.79 Å². The molecule has 1 aromatic carbocycles. The van der Waals surface area contributed by atoms with Crippen LogP contribution in [0.3, 0.4) is 0 Å². The molecule has 128 valence electrons. The zero-order chi connectivity index (χ0) is 16.8. The molecule has 0 bridgehead atoms. The third-order valence-electron chi connectivity index (χ3n) is 5.57. The minimum atomic E-state index is 0.0991. The molecule has 0 spiro atoms. The van der Waals surface area contributed by atoms with E-state index in [0.717, 1.165) is 29.8 Å². The first kappa shape index (κ1) is 15.7. The largest absolute Gasteiger partial charge is 0.375 e. The lowest BCUT2D eigenvalue weighted by molar-refractivity contribution is -0.0386. The average molecular weight is 326 g/mol. The van der Waals surface area contributed by atoms with Gasteiger partial charge in [0.05, 0.1) is 29.8 Å². The molecule has 1 aliphatic heterocycles. The van der Waals surface area contributed by atoms with Gasteiger partial charge in [-0.15, -0.1) is 0 Å². The van der Waals surface area contributed by atoms with Crippen molar-refractivity contribution in [3.05, 3.63) is 35.0 Å². The fourth-order valence-corrected chi connectivity index (χ4v) is 4.13. The number of aryl methyl sites for hydroxylation is 1.